The highest BCUT2D eigenvalue weighted by atomic mass is 16.2. The lowest BCUT2D eigenvalue weighted by Gasteiger charge is -2.37. The summed E-state index contributed by atoms with van der Waals surface area (Å²) >= 11 is 0. The Morgan fingerprint density at radius 1 is 1.52 bits per heavy atom. The van der Waals surface area contributed by atoms with E-state index < -0.39 is 6.17 Å². The van der Waals surface area contributed by atoms with Gasteiger partial charge in [0.05, 0.1) is 24.3 Å². The van der Waals surface area contributed by atoms with Crippen molar-refractivity contribution >= 4 is 5.91 Å². The molecule has 2 fully saturated rings. The molecule has 8 heteroatoms. The van der Waals surface area contributed by atoms with Crippen LogP contribution in [0.3, 0.4) is 0 Å². The van der Waals surface area contributed by atoms with E-state index in [1.165, 1.54) is 0 Å². The van der Waals surface area contributed by atoms with Crippen molar-refractivity contribution in [1.29, 1.82) is 5.26 Å². The quantitative estimate of drug-likeness (QED) is 0.405. The van der Waals surface area contributed by atoms with Gasteiger partial charge in [-0.1, -0.05) is 6.92 Å². The van der Waals surface area contributed by atoms with Gasteiger partial charge >= 0.3 is 0 Å². The van der Waals surface area contributed by atoms with Crippen molar-refractivity contribution in [2.75, 3.05) is 26.2 Å². The molecule has 6 unspecified atom stereocenters. The number of hydrogen-bond donors (Lipinski definition) is 5. The first kappa shape index (κ1) is 18.1. The average Bonchev–Trinajstić information content (AvgIpc) is 2.86. The van der Waals surface area contributed by atoms with Crippen molar-refractivity contribution in [3.63, 3.8) is 0 Å². The van der Waals surface area contributed by atoms with Gasteiger partial charge in [0.1, 0.15) is 0 Å². The number of carbonyl (C=O) groups excluding carboxylic acids is 1. The molecule has 2 saturated heterocycles. The zero-order valence-corrected chi connectivity index (χ0v) is 14.2. The van der Waals surface area contributed by atoms with Gasteiger partial charge in [-0.2, -0.15) is 5.26 Å². The van der Waals surface area contributed by atoms with Gasteiger partial charge < -0.3 is 16.4 Å². The molecule has 0 spiro atoms. The van der Waals surface area contributed by atoms with E-state index in [2.05, 4.69) is 27.4 Å². The highest BCUT2D eigenvalue weighted by Crippen LogP contribution is 2.25. The number of nitrogens with zero attached hydrogens (tertiary/aromatic N) is 2. The molecule has 0 aromatic heterocycles. The first-order chi connectivity index (χ1) is 11.0. The molecule has 2 rings (SSSR count). The molecule has 0 bridgehead atoms. The summed E-state index contributed by atoms with van der Waals surface area (Å²) in [5, 5.41) is 20.7. The molecule has 23 heavy (non-hydrogen) atoms. The first-order valence-electron chi connectivity index (χ1n) is 8.40. The van der Waals surface area contributed by atoms with Crippen LogP contribution in [-0.4, -0.2) is 55.5 Å². The van der Waals surface area contributed by atoms with E-state index in [0.29, 0.717) is 0 Å². The Labute approximate surface area is 138 Å². The molecule has 6 N–H and O–H groups in total. The molecule has 2 aliphatic rings. The van der Waals surface area contributed by atoms with Crippen molar-refractivity contribution in [2.24, 2.45) is 23.5 Å². The SMILES string of the molecule is CCNCC(C)NC(=O)C1C(N)NN2CC(C(C)C#N)CNC12. The van der Waals surface area contributed by atoms with Crippen LogP contribution in [0, 0.1) is 29.1 Å². The van der Waals surface area contributed by atoms with Crippen LogP contribution < -0.4 is 27.1 Å². The lowest BCUT2D eigenvalue weighted by molar-refractivity contribution is -0.127. The van der Waals surface area contributed by atoms with Crippen molar-refractivity contribution in [2.45, 2.75) is 39.1 Å². The molecule has 0 radical (unpaired) electrons. The van der Waals surface area contributed by atoms with Crippen LogP contribution in [0.2, 0.25) is 0 Å². The van der Waals surface area contributed by atoms with Gasteiger partial charge in [0.15, 0.2) is 0 Å². The topological polar surface area (TPSA) is 118 Å². The molecule has 0 saturated carbocycles. The minimum Gasteiger partial charge on any atom is -0.352 e. The summed E-state index contributed by atoms with van der Waals surface area (Å²) in [6, 6.07) is 2.35. The maximum absolute atomic E-state index is 12.6. The number of nitrogens with one attached hydrogen (secondary N) is 4. The van der Waals surface area contributed by atoms with Gasteiger partial charge in [0.25, 0.3) is 0 Å². The van der Waals surface area contributed by atoms with Crippen molar-refractivity contribution < 1.29 is 4.79 Å². The van der Waals surface area contributed by atoms with E-state index in [4.69, 9.17) is 11.0 Å². The van der Waals surface area contributed by atoms with E-state index in [1.54, 1.807) is 0 Å². The van der Waals surface area contributed by atoms with Gasteiger partial charge in [-0.3, -0.25) is 10.1 Å². The van der Waals surface area contributed by atoms with Crippen molar-refractivity contribution in [3.8, 4) is 6.07 Å². The first-order valence-corrected chi connectivity index (χ1v) is 8.40. The Kier molecular flexibility index (Phi) is 6.33. The number of amides is 1. The van der Waals surface area contributed by atoms with Gasteiger partial charge in [0.2, 0.25) is 5.91 Å². The summed E-state index contributed by atoms with van der Waals surface area (Å²) in [5.74, 6) is -0.195. The number of hydrogen-bond acceptors (Lipinski definition) is 7. The van der Waals surface area contributed by atoms with Crippen LogP contribution >= 0.6 is 0 Å². The number of carbonyl (C=O) groups is 1. The summed E-state index contributed by atoms with van der Waals surface area (Å²) in [6.07, 6.45) is -0.548. The Hall–Kier alpha value is -1.24. The second kappa shape index (κ2) is 8.04. The number of nitrogens with two attached hydrogens (primary N) is 1. The summed E-state index contributed by atoms with van der Waals surface area (Å²) in [5.41, 5.74) is 9.31. The molecule has 0 aromatic rings. The highest BCUT2D eigenvalue weighted by molar-refractivity contribution is 5.80. The van der Waals surface area contributed by atoms with Crippen LogP contribution in [0.25, 0.3) is 0 Å². The fourth-order valence-electron chi connectivity index (χ4n) is 3.23. The number of nitriles is 1. The Morgan fingerprint density at radius 2 is 2.26 bits per heavy atom. The maximum Gasteiger partial charge on any atom is 0.229 e. The van der Waals surface area contributed by atoms with Gasteiger partial charge in [-0.15, -0.1) is 0 Å². The smallest absolute Gasteiger partial charge is 0.229 e. The van der Waals surface area contributed by atoms with E-state index in [0.717, 1.165) is 26.2 Å². The predicted molar refractivity (Wildman–Crippen MR) is 87.5 cm³/mol. The number of hydrazine groups is 1. The largest absolute Gasteiger partial charge is 0.352 e. The summed E-state index contributed by atoms with van der Waals surface area (Å²) in [6.45, 7) is 8.99. The van der Waals surface area contributed by atoms with Crippen molar-refractivity contribution in [1.82, 2.24) is 26.4 Å². The van der Waals surface area contributed by atoms with Crippen LogP contribution in [-0.2, 0) is 4.79 Å². The fourth-order valence-corrected chi connectivity index (χ4v) is 3.23. The number of likely N-dealkylation sites (N-methyl/N-ethyl adjacent to an activating group) is 1. The predicted octanol–water partition coefficient (Wildman–Crippen LogP) is -1.47. The molecule has 0 aromatic carbocycles. The van der Waals surface area contributed by atoms with Crippen LogP contribution in [0.15, 0.2) is 0 Å². The Morgan fingerprint density at radius 3 is 2.91 bits per heavy atom. The second-order valence-corrected chi connectivity index (χ2v) is 6.58. The summed E-state index contributed by atoms with van der Waals surface area (Å²) < 4.78 is 0. The maximum atomic E-state index is 12.6. The second-order valence-electron chi connectivity index (χ2n) is 6.58. The monoisotopic (exact) mass is 323 g/mol. The highest BCUT2D eigenvalue weighted by Gasteiger charge is 2.47. The minimum absolute atomic E-state index is 0.0329. The normalized spacial score (nSPS) is 33.5. The number of rotatable bonds is 6. The summed E-state index contributed by atoms with van der Waals surface area (Å²) in [4.78, 5) is 12.6. The van der Waals surface area contributed by atoms with Crippen LogP contribution in [0.5, 0.6) is 0 Å². The van der Waals surface area contributed by atoms with E-state index in [-0.39, 0.29) is 35.9 Å². The third-order valence-corrected chi connectivity index (χ3v) is 4.70. The Bertz CT molecular complexity index is 452. The molecule has 130 valence electrons. The summed E-state index contributed by atoms with van der Waals surface area (Å²) in [7, 11) is 0. The molecule has 6 atom stereocenters. The Balaban J connectivity index is 1.94. The number of fused-ring (bicyclic) bond motifs is 1. The zero-order valence-electron chi connectivity index (χ0n) is 14.2. The van der Waals surface area contributed by atoms with Crippen LogP contribution in [0.4, 0.5) is 0 Å². The molecule has 2 aliphatic heterocycles. The fraction of sp³-hybridized carbons (Fsp3) is 0.867. The van der Waals surface area contributed by atoms with Gasteiger partial charge in [0, 0.05) is 37.5 Å². The average molecular weight is 323 g/mol. The van der Waals surface area contributed by atoms with E-state index >= 15 is 0 Å². The molecule has 1 amide bonds. The zero-order chi connectivity index (χ0) is 17.0. The van der Waals surface area contributed by atoms with Crippen LogP contribution in [0.1, 0.15) is 20.8 Å². The molecular formula is C15H29N7O. The van der Waals surface area contributed by atoms with E-state index in [1.807, 2.05) is 25.8 Å². The van der Waals surface area contributed by atoms with Gasteiger partial charge in [-0.25, -0.2) is 10.4 Å². The molecule has 2 heterocycles. The van der Waals surface area contributed by atoms with Gasteiger partial charge in [-0.05, 0) is 20.4 Å². The third kappa shape index (κ3) is 4.19. The lowest BCUT2D eigenvalue weighted by atomic mass is 9.91. The molecule has 0 aliphatic carbocycles. The lowest BCUT2D eigenvalue weighted by Crippen LogP contribution is -2.59. The van der Waals surface area contributed by atoms with E-state index in [9.17, 15) is 4.79 Å². The minimum atomic E-state index is -0.421. The standard InChI is InChI=1S/C15H29N7O/c1-4-18-6-10(3)20-15(23)12-13(17)21-22-8-11(9(2)5-16)7-19-14(12)22/h9-14,18-19,21H,4,6-8,17H2,1-3H3,(H,20,23). The third-order valence-electron chi connectivity index (χ3n) is 4.70. The van der Waals surface area contributed by atoms with Crippen molar-refractivity contribution in [3.05, 3.63) is 0 Å². The molecule has 8 nitrogen and oxygen atoms in total. The molecular weight excluding hydrogens is 294 g/mol.